The summed E-state index contributed by atoms with van der Waals surface area (Å²) in [6, 6.07) is 2.75. The maximum atomic E-state index is 13.0. The highest BCUT2D eigenvalue weighted by Crippen LogP contribution is 2.21. The molecule has 2 rings (SSSR count). The molecule has 1 heterocycles. The van der Waals surface area contributed by atoms with Crippen molar-refractivity contribution in [3.63, 3.8) is 0 Å². The number of hydrogen-bond donors (Lipinski definition) is 1. The third-order valence-corrected chi connectivity index (χ3v) is 2.77. The van der Waals surface area contributed by atoms with Crippen LogP contribution in [0.25, 0.3) is 0 Å². The normalized spacial score (nSPS) is 10.4. The molecule has 1 aromatic carbocycles. The molecule has 3 nitrogen and oxygen atoms in total. The molecule has 1 aromatic heterocycles. The molecule has 0 saturated carbocycles. The van der Waals surface area contributed by atoms with E-state index in [0.717, 1.165) is 5.56 Å². The van der Waals surface area contributed by atoms with E-state index in [2.05, 4.69) is 10.3 Å². The lowest BCUT2D eigenvalue weighted by Crippen LogP contribution is -2.14. The molecular formula is C13H8ClF3N2O. The van der Waals surface area contributed by atoms with Crippen LogP contribution in [0.4, 0.5) is 18.9 Å². The van der Waals surface area contributed by atoms with Gasteiger partial charge in [-0.2, -0.15) is 0 Å². The van der Waals surface area contributed by atoms with Crippen molar-refractivity contribution in [2.75, 3.05) is 5.32 Å². The van der Waals surface area contributed by atoms with Gasteiger partial charge in [-0.3, -0.25) is 4.79 Å². The summed E-state index contributed by atoms with van der Waals surface area (Å²) < 4.78 is 38.9. The van der Waals surface area contributed by atoms with Crippen LogP contribution in [0.15, 0.2) is 24.4 Å². The van der Waals surface area contributed by atoms with Gasteiger partial charge in [0, 0.05) is 11.8 Å². The molecule has 2 aromatic rings. The van der Waals surface area contributed by atoms with E-state index in [1.54, 1.807) is 13.0 Å². The Morgan fingerprint density at radius 3 is 2.40 bits per heavy atom. The van der Waals surface area contributed by atoms with Gasteiger partial charge in [0.05, 0.1) is 5.69 Å². The quantitative estimate of drug-likeness (QED) is 0.678. The van der Waals surface area contributed by atoms with E-state index >= 15 is 0 Å². The minimum absolute atomic E-state index is 0.0343. The molecule has 0 saturated heterocycles. The first-order chi connectivity index (χ1) is 9.38. The van der Waals surface area contributed by atoms with Crippen LogP contribution < -0.4 is 5.32 Å². The van der Waals surface area contributed by atoms with Gasteiger partial charge in [-0.25, -0.2) is 18.2 Å². The van der Waals surface area contributed by atoms with E-state index in [4.69, 9.17) is 11.6 Å². The van der Waals surface area contributed by atoms with Crippen LogP contribution in [-0.2, 0) is 0 Å². The molecule has 1 amide bonds. The minimum Gasteiger partial charge on any atom is -0.319 e. The smallest absolute Gasteiger partial charge is 0.255 e. The van der Waals surface area contributed by atoms with Gasteiger partial charge in [0.1, 0.15) is 0 Å². The Kier molecular flexibility index (Phi) is 3.94. The highest BCUT2D eigenvalue weighted by atomic mass is 35.5. The van der Waals surface area contributed by atoms with Crippen LogP contribution in [0.1, 0.15) is 15.9 Å². The van der Waals surface area contributed by atoms with Crippen molar-refractivity contribution >= 4 is 23.2 Å². The fourth-order valence-electron chi connectivity index (χ4n) is 1.52. The second-order valence-electron chi connectivity index (χ2n) is 4.06. The molecule has 0 spiro atoms. The summed E-state index contributed by atoms with van der Waals surface area (Å²) in [5.74, 6) is -5.33. The Bertz CT molecular complexity index is 668. The van der Waals surface area contributed by atoms with Gasteiger partial charge in [-0.05, 0) is 30.7 Å². The maximum Gasteiger partial charge on any atom is 0.255 e. The summed E-state index contributed by atoms with van der Waals surface area (Å²) in [5, 5.41) is 2.39. The molecule has 0 aliphatic carbocycles. The number of aryl methyl sites for hydroxylation is 1. The lowest BCUT2D eigenvalue weighted by molar-refractivity contribution is 0.102. The molecule has 0 radical (unpaired) electrons. The van der Waals surface area contributed by atoms with E-state index in [9.17, 15) is 18.0 Å². The third-order valence-electron chi connectivity index (χ3n) is 2.47. The predicted octanol–water partition coefficient (Wildman–Crippen LogP) is 3.71. The van der Waals surface area contributed by atoms with Gasteiger partial charge in [0.2, 0.25) is 0 Å². The van der Waals surface area contributed by atoms with Crippen LogP contribution in [0.2, 0.25) is 5.15 Å². The number of carbonyl (C=O) groups excluding carboxylic acids is 1. The average molecular weight is 301 g/mol. The molecule has 1 N–H and O–H groups in total. The van der Waals surface area contributed by atoms with Crippen LogP contribution in [0.5, 0.6) is 0 Å². The van der Waals surface area contributed by atoms with Crippen molar-refractivity contribution in [3.05, 3.63) is 58.1 Å². The molecule has 0 unspecified atom stereocenters. The summed E-state index contributed by atoms with van der Waals surface area (Å²) in [6.45, 7) is 1.73. The van der Waals surface area contributed by atoms with E-state index in [-0.39, 0.29) is 16.4 Å². The monoisotopic (exact) mass is 300 g/mol. The van der Waals surface area contributed by atoms with E-state index < -0.39 is 23.4 Å². The fourth-order valence-corrected chi connectivity index (χ4v) is 1.67. The standard InChI is InChI=1S/C13H8ClF3N2O/c1-6-2-10(12(14)18-5-6)19-13(20)7-3-8(15)11(17)9(16)4-7/h2-5H,1H3,(H,19,20). The van der Waals surface area contributed by atoms with Crippen molar-refractivity contribution in [3.8, 4) is 0 Å². The number of pyridine rings is 1. The Morgan fingerprint density at radius 2 is 1.80 bits per heavy atom. The van der Waals surface area contributed by atoms with Crippen molar-refractivity contribution in [2.24, 2.45) is 0 Å². The second kappa shape index (κ2) is 5.50. The Morgan fingerprint density at radius 1 is 1.20 bits per heavy atom. The van der Waals surface area contributed by atoms with Gasteiger partial charge >= 0.3 is 0 Å². The number of amides is 1. The second-order valence-corrected chi connectivity index (χ2v) is 4.42. The lowest BCUT2D eigenvalue weighted by atomic mass is 10.2. The summed E-state index contributed by atoms with van der Waals surface area (Å²) in [7, 11) is 0. The number of carbonyl (C=O) groups is 1. The van der Waals surface area contributed by atoms with Gasteiger partial charge < -0.3 is 5.32 Å². The van der Waals surface area contributed by atoms with E-state index in [1.165, 1.54) is 6.20 Å². The lowest BCUT2D eigenvalue weighted by Gasteiger charge is -2.08. The topological polar surface area (TPSA) is 42.0 Å². The van der Waals surface area contributed by atoms with Crippen LogP contribution in [0, 0.1) is 24.4 Å². The first-order valence-electron chi connectivity index (χ1n) is 5.46. The van der Waals surface area contributed by atoms with Gasteiger partial charge in [-0.1, -0.05) is 11.6 Å². The van der Waals surface area contributed by atoms with E-state index in [0.29, 0.717) is 12.1 Å². The van der Waals surface area contributed by atoms with Crippen molar-refractivity contribution in [1.82, 2.24) is 4.98 Å². The number of aromatic nitrogens is 1. The molecule has 0 bridgehead atoms. The van der Waals surface area contributed by atoms with E-state index in [1.807, 2.05) is 0 Å². The number of hydrogen-bond acceptors (Lipinski definition) is 2. The zero-order valence-corrected chi connectivity index (χ0v) is 10.9. The number of halogens is 4. The zero-order valence-electron chi connectivity index (χ0n) is 10.2. The third kappa shape index (κ3) is 2.91. The van der Waals surface area contributed by atoms with Gasteiger partial charge in [0.15, 0.2) is 22.6 Å². The SMILES string of the molecule is Cc1cnc(Cl)c(NC(=O)c2cc(F)c(F)c(F)c2)c1. The molecular weight excluding hydrogens is 293 g/mol. The Balaban J connectivity index is 2.31. The van der Waals surface area contributed by atoms with Crippen LogP contribution in [0.3, 0.4) is 0 Å². The Labute approximate surface area is 117 Å². The summed E-state index contributed by atoms with van der Waals surface area (Å²) in [4.78, 5) is 15.7. The van der Waals surface area contributed by atoms with Crippen LogP contribution >= 0.6 is 11.6 Å². The van der Waals surface area contributed by atoms with Crippen molar-refractivity contribution in [1.29, 1.82) is 0 Å². The highest BCUT2D eigenvalue weighted by molar-refractivity contribution is 6.32. The summed E-state index contributed by atoms with van der Waals surface area (Å²) >= 11 is 5.78. The first-order valence-corrected chi connectivity index (χ1v) is 5.84. The minimum atomic E-state index is -1.63. The van der Waals surface area contributed by atoms with Crippen molar-refractivity contribution in [2.45, 2.75) is 6.92 Å². The zero-order chi connectivity index (χ0) is 14.9. The molecule has 0 atom stereocenters. The molecule has 0 fully saturated rings. The fraction of sp³-hybridized carbons (Fsp3) is 0.0769. The average Bonchev–Trinajstić information content (AvgIpc) is 2.39. The largest absolute Gasteiger partial charge is 0.319 e. The summed E-state index contributed by atoms with van der Waals surface area (Å²) in [5.41, 5.74) is 0.571. The molecule has 0 aliphatic heterocycles. The van der Waals surface area contributed by atoms with Gasteiger partial charge in [0.25, 0.3) is 5.91 Å². The maximum absolute atomic E-state index is 13.0. The number of anilines is 1. The highest BCUT2D eigenvalue weighted by Gasteiger charge is 2.16. The predicted molar refractivity (Wildman–Crippen MR) is 68.3 cm³/mol. The Hall–Kier alpha value is -2.08. The van der Waals surface area contributed by atoms with Crippen LogP contribution in [-0.4, -0.2) is 10.9 Å². The summed E-state index contributed by atoms with van der Waals surface area (Å²) in [6.07, 6.45) is 1.50. The molecule has 104 valence electrons. The molecule has 20 heavy (non-hydrogen) atoms. The molecule has 7 heteroatoms. The number of benzene rings is 1. The van der Waals surface area contributed by atoms with Crippen molar-refractivity contribution < 1.29 is 18.0 Å². The first kappa shape index (κ1) is 14.3. The number of nitrogens with one attached hydrogen (secondary N) is 1. The van der Waals surface area contributed by atoms with Gasteiger partial charge in [-0.15, -0.1) is 0 Å². The molecule has 0 aliphatic rings. The number of rotatable bonds is 2. The number of nitrogens with zero attached hydrogens (tertiary/aromatic N) is 1.